The van der Waals surface area contributed by atoms with Crippen molar-refractivity contribution in [2.45, 2.75) is 39.7 Å². The number of halogens is 2. The van der Waals surface area contributed by atoms with Crippen LogP contribution in [0.15, 0.2) is 18.2 Å². The first kappa shape index (κ1) is 16.0. The summed E-state index contributed by atoms with van der Waals surface area (Å²) in [6.45, 7) is 5.87. The highest BCUT2D eigenvalue weighted by molar-refractivity contribution is 7.15. The zero-order valence-corrected chi connectivity index (χ0v) is 13.2. The molecule has 0 spiro atoms. The molecule has 2 aromatic rings. The van der Waals surface area contributed by atoms with Crippen LogP contribution in [-0.4, -0.2) is 11.5 Å². The molecular formula is C16H20F2N2S. The highest BCUT2D eigenvalue weighted by atomic mass is 32.1. The summed E-state index contributed by atoms with van der Waals surface area (Å²) in [5.41, 5.74) is 1.24. The Morgan fingerprint density at radius 3 is 2.71 bits per heavy atom. The van der Waals surface area contributed by atoms with Crippen LogP contribution in [0.2, 0.25) is 0 Å². The van der Waals surface area contributed by atoms with Gasteiger partial charge in [0, 0.05) is 17.0 Å². The standard InChI is InChI=1S/C16H20F2N2S/c1-3-5-14-15(10-19-8-4-2)21-16(20-14)12-9-11(17)6-7-13(12)18/h6-7,9,19H,3-5,8,10H2,1-2H3. The fourth-order valence-electron chi connectivity index (χ4n) is 2.11. The highest BCUT2D eigenvalue weighted by Gasteiger charge is 2.15. The number of nitrogens with zero attached hydrogens (tertiary/aromatic N) is 1. The van der Waals surface area contributed by atoms with E-state index in [0.29, 0.717) is 5.01 Å². The lowest BCUT2D eigenvalue weighted by Crippen LogP contribution is -2.13. The second kappa shape index (κ2) is 7.61. The molecule has 0 atom stereocenters. The van der Waals surface area contributed by atoms with Gasteiger partial charge in [0.2, 0.25) is 0 Å². The Labute approximate surface area is 128 Å². The Morgan fingerprint density at radius 1 is 1.19 bits per heavy atom. The topological polar surface area (TPSA) is 24.9 Å². The van der Waals surface area contributed by atoms with E-state index in [1.165, 1.54) is 17.4 Å². The Balaban J connectivity index is 2.31. The predicted molar refractivity (Wildman–Crippen MR) is 83.5 cm³/mol. The van der Waals surface area contributed by atoms with Gasteiger partial charge in [0.15, 0.2) is 0 Å². The monoisotopic (exact) mass is 310 g/mol. The Morgan fingerprint density at radius 2 is 2.00 bits per heavy atom. The minimum atomic E-state index is -0.440. The first-order valence-corrected chi connectivity index (χ1v) is 8.12. The first-order valence-electron chi connectivity index (χ1n) is 7.30. The summed E-state index contributed by atoms with van der Waals surface area (Å²) in [5.74, 6) is -0.870. The number of hydrogen-bond acceptors (Lipinski definition) is 3. The van der Waals surface area contributed by atoms with Crippen LogP contribution in [-0.2, 0) is 13.0 Å². The van der Waals surface area contributed by atoms with Crippen LogP contribution in [0.25, 0.3) is 10.6 Å². The minimum absolute atomic E-state index is 0.249. The fourth-order valence-corrected chi connectivity index (χ4v) is 3.20. The summed E-state index contributed by atoms with van der Waals surface area (Å²) in [6, 6.07) is 3.50. The normalized spacial score (nSPS) is 11.0. The van der Waals surface area contributed by atoms with E-state index in [0.717, 1.165) is 55.1 Å². The van der Waals surface area contributed by atoms with Gasteiger partial charge < -0.3 is 5.32 Å². The number of aryl methyl sites for hydroxylation is 1. The summed E-state index contributed by atoms with van der Waals surface area (Å²) in [6.07, 6.45) is 2.90. The number of benzene rings is 1. The summed E-state index contributed by atoms with van der Waals surface area (Å²) < 4.78 is 27.2. The van der Waals surface area contributed by atoms with Crippen molar-refractivity contribution in [3.63, 3.8) is 0 Å². The Kier molecular flexibility index (Phi) is 5.82. The van der Waals surface area contributed by atoms with E-state index >= 15 is 0 Å². The summed E-state index contributed by atoms with van der Waals surface area (Å²) in [7, 11) is 0. The van der Waals surface area contributed by atoms with Crippen molar-refractivity contribution in [2.75, 3.05) is 6.54 Å². The summed E-state index contributed by atoms with van der Waals surface area (Å²) in [4.78, 5) is 5.64. The van der Waals surface area contributed by atoms with Crippen molar-refractivity contribution in [1.29, 1.82) is 0 Å². The van der Waals surface area contributed by atoms with Gasteiger partial charge in [-0.3, -0.25) is 0 Å². The van der Waals surface area contributed by atoms with Crippen LogP contribution in [0.4, 0.5) is 8.78 Å². The molecule has 5 heteroatoms. The van der Waals surface area contributed by atoms with Gasteiger partial charge in [-0.2, -0.15) is 0 Å². The molecule has 0 radical (unpaired) electrons. The van der Waals surface area contributed by atoms with E-state index in [1.54, 1.807) is 0 Å². The fraction of sp³-hybridized carbons (Fsp3) is 0.438. The van der Waals surface area contributed by atoms with Crippen molar-refractivity contribution in [1.82, 2.24) is 10.3 Å². The van der Waals surface area contributed by atoms with Crippen LogP contribution < -0.4 is 5.32 Å². The predicted octanol–water partition coefficient (Wildman–Crippen LogP) is 4.54. The largest absolute Gasteiger partial charge is 0.312 e. The molecule has 0 aliphatic heterocycles. The zero-order valence-electron chi connectivity index (χ0n) is 12.4. The molecule has 1 N–H and O–H groups in total. The van der Waals surface area contributed by atoms with Gasteiger partial charge in [-0.1, -0.05) is 20.3 Å². The molecule has 1 aromatic heterocycles. The average Bonchev–Trinajstić information content (AvgIpc) is 2.85. The second-order valence-electron chi connectivity index (χ2n) is 4.94. The molecule has 2 rings (SSSR count). The molecule has 0 fully saturated rings. The lowest BCUT2D eigenvalue weighted by atomic mass is 10.2. The number of rotatable bonds is 7. The Hall–Kier alpha value is -1.33. The van der Waals surface area contributed by atoms with E-state index < -0.39 is 11.6 Å². The van der Waals surface area contributed by atoms with Gasteiger partial charge in [-0.05, 0) is 37.6 Å². The van der Waals surface area contributed by atoms with Gasteiger partial charge in [-0.15, -0.1) is 11.3 Å². The number of hydrogen-bond donors (Lipinski definition) is 1. The van der Waals surface area contributed by atoms with Gasteiger partial charge in [0.05, 0.1) is 5.69 Å². The Bertz CT molecular complexity index is 596. The molecule has 2 nitrogen and oxygen atoms in total. The van der Waals surface area contributed by atoms with Crippen molar-refractivity contribution in [3.05, 3.63) is 40.4 Å². The van der Waals surface area contributed by atoms with Crippen LogP contribution in [0.3, 0.4) is 0 Å². The molecule has 0 saturated carbocycles. The molecule has 21 heavy (non-hydrogen) atoms. The van der Waals surface area contributed by atoms with Gasteiger partial charge >= 0.3 is 0 Å². The molecule has 0 unspecified atom stereocenters. The number of thiazole rings is 1. The van der Waals surface area contributed by atoms with E-state index in [4.69, 9.17) is 0 Å². The van der Waals surface area contributed by atoms with E-state index in [9.17, 15) is 8.78 Å². The SMILES string of the molecule is CCCNCc1sc(-c2cc(F)ccc2F)nc1CCC. The third-order valence-electron chi connectivity index (χ3n) is 3.14. The second-order valence-corrected chi connectivity index (χ2v) is 6.02. The smallest absolute Gasteiger partial charge is 0.133 e. The lowest BCUT2D eigenvalue weighted by Gasteiger charge is -2.02. The average molecular weight is 310 g/mol. The first-order chi connectivity index (χ1) is 10.2. The van der Waals surface area contributed by atoms with Crippen molar-refractivity contribution in [3.8, 4) is 10.6 Å². The van der Waals surface area contributed by atoms with Crippen LogP contribution in [0.5, 0.6) is 0 Å². The molecular weight excluding hydrogens is 290 g/mol. The van der Waals surface area contributed by atoms with Gasteiger partial charge in [0.25, 0.3) is 0 Å². The summed E-state index contributed by atoms with van der Waals surface area (Å²) >= 11 is 1.45. The minimum Gasteiger partial charge on any atom is -0.312 e. The molecule has 0 aliphatic rings. The molecule has 1 aromatic carbocycles. The number of aromatic nitrogens is 1. The molecule has 1 heterocycles. The van der Waals surface area contributed by atoms with E-state index in [-0.39, 0.29) is 5.56 Å². The van der Waals surface area contributed by atoms with Crippen molar-refractivity contribution in [2.24, 2.45) is 0 Å². The lowest BCUT2D eigenvalue weighted by molar-refractivity contribution is 0.603. The summed E-state index contributed by atoms with van der Waals surface area (Å²) in [5, 5.41) is 3.90. The highest BCUT2D eigenvalue weighted by Crippen LogP contribution is 2.31. The van der Waals surface area contributed by atoms with Crippen LogP contribution in [0.1, 0.15) is 37.3 Å². The maximum atomic E-state index is 13.9. The molecule has 0 aliphatic carbocycles. The molecule has 0 saturated heterocycles. The van der Waals surface area contributed by atoms with E-state index in [2.05, 4.69) is 24.1 Å². The van der Waals surface area contributed by atoms with Crippen molar-refractivity contribution < 1.29 is 8.78 Å². The van der Waals surface area contributed by atoms with Crippen molar-refractivity contribution >= 4 is 11.3 Å². The quantitative estimate of drug-likeness (QED) is 0.759. The van der Waals surface area contributed by atoms with Gasteiger partial charge in [-0.25, -0.2) is 13.8 Å². The number of nitrogens with one attached hydrogen (secondary N) is 1. The van der Waals surface area contributed by atoms with E-state index in [1.807, 2.05) is 0 Å². The van der Waals surface area contributed by atoms with Crippen LogP contribution >= 0.6 is 11.3 Å². The van der Waals surface area contributed by atoms with Crippen LogP contribution in [0, 0.1) is 11.6 Å². The third-order valence-corrected chi connectivity index (χ3v) is 4.27. The van der Waals surface area contributed by atoms with Gasteiger partial charge in [0.1, 0.15) is 16.6 Å². The molecule has 114 valence electrons. The maximum absolute atomic E-state index is 13.9. The zero-order chi connectivity index (χ0) is 15.2. The third kappa shape index (κ3) is 4.08. The molecule has 0 bridgehead atoms. The maximum Gasteiger partial charge on any atom is 0.133 e. The molecule has 0 amide bonds.